The van der Waals surface area contributed by atoms with E-state index in [1.807, 2.05) is 26.0 Å². The second-order valence-corrected chi connectivity index (χ2v) is 5.67. The lowest BCUT2D eigenvalue weighted by Crippen LogP contribution is -2.40. The third kappa shape index (κ3) is 5.28. The zero-order chi connectivity index (χ0) is 17.0. The van der Waals surface area contributed by atoms with Gasteiger partial charge in [0.15, 0.2) is 5.11 Å². The van der Waals surface area contributed by atoms with Gasteiger partial charge in [0.05, 0.1) is 12.8 Å². The minimum Gasteiger partial charge on any atom is -0.467 e. The van der Waals surface area contributed by atoms with Crippen LogP contribution in [0.2, 0.25) is 0 Å². The first kappa shape index (κ1) is 17.3. The van der Waals surface area contributed by atoms with Crippen LogP contribution in [0.25, 0.3) is 0 Å². The standard InChI is InChI=1S/C16H17F3N2OS/c1-11-5-6-13(8-12(11)2)20-15(23)21(10-16(17,18)19)9-14-4-3-7-22-14/h3-8H,9-10H2,1-2H3,(H,20,23). The Kier molecular flexibility index (Phi) is 5.30. The van der Waals surface area contributed by atoms with Crippen molar-refractivity contribution >= 4 is 23.0 Å². The minimum atomic E-state index is -4.36. The van der Waals surface area contributed by atoms with Crippen LogP contribution in [0.4, 0.5) is 18.9 Å². The van der Waals surface area contributed by atoms with E-state index in [1.165, 1.54) is 6.26 Å². The molecule has 0 aliphatic heterocycles. The molecule has 2 rings (SSSR count). The summed E-state index contributed by atoms with van der Waals surface area (Å²) >= 11 is 5.15. The molecule has 124 valence electrons. The second-order valence-electron chi connectivity index (χ2n) is 5.28. The van der Waals surface area contributed by atoms with Gasteiger partial charge in [-0.2, -0.15) is 13.2 Å². The largest absolute Gasteiger partial charge is 0.467 e. The van der Waals surface area contributed by atoms with Gasteiger partial charge < -0.3 is 14.6 Å². The number of alkyl halides is 3. The average Bonchev–Trinajstić information content (AvgIpc) is 2.93. The van der Waals surface area contributed by atoms with Crippen LogP contribution in [0.3, 0.4) is 0 Å². The molecular weight excluding hydrogens is 325 g/mol. The van der Waals surface area contributed by atoms with Crippen LogP contribution in [-0.2, 0) is 6.54 Å². The van der Waals surface area contributed by atoms with Gasteiger partial charge in [-0.3, -0.25) is 0 Å². The first-order chi connectivity index (χ1) is 10.7. The van der Waals surface area contributed by atoms with Crippen molar-refractivity contribution in [1.29, 1.82) is 0 Å². The zero-order valence-corrected chi connectivity index (χ0v) is 13.6. The van der Waals surface area contributed by atoms with Gasteiger partial charge in [-0.05, 0) is 61.5 Å². The number of halogens is 3. The first-order valence-corrected chi connectivity index (χ1v) is 7.38. The van der Waals surface area contributed by atoms with Crippen LogP contribution >= 0.6 is 12.2 Å². The molecule has 3 nitrogen and oxygen atoms in total. The summed E-state index contributed by atoms with van der Waals surface area (Å²) in [5.41, 5.74) is 2.79. The predicted octanol–water partition coefficient (Wildman–Crippen LogP) is 4.66. The molecular formula is C16H17F3N2OS. The summed E-state index contributed by atoms with van der Waals surface area (Å²) in [7, 11) is 0. The SMILES string of the molecule is Cc1ccc(NC(=S)N(Cc2ccco2)CC(F)(F)F)cc1C. The lowest BCUT2D eigenvalue weighted by atomic mass is 10.1. The van der Waals surface area contributed by atoms with E-state index in [2.05, 4.69) is 5.32 Å². The number of nitrogens with one attached hydrogen (secondary N) is 1. The molecule has 23 heavy (non-hydrogen) atoms. The highest BCUT2D eigenvalue weighted by Gasteiger charge is 2.32. The molecule has 2 aromatic rings. The van der Waals surface area contributed by atoms with Crippen molar-refractivity contribution in [2.45, 2.75) is 26.6 Å². The monoisotopic (exact) mass is 342 g/mol. The maximum Gasteiger partial charge on any atom is 0.406 e. The van der Waals surface area contributed by atoms with Crippen LogP contribution in [0.5, 0.6) is 0 Å². The molecule has 0 unspecified atom stereocenters. The highest BCUT2D eigenvalue weighted by molar-refractivity contribution is 7.80. The van der Waals surface area contributed by atoms with E-state index in [0.29, 0.717) is 11.4 Å². The number of furan rings is 1. The number of anilines is 1. The van der Waals surface area contributed by atoms with Crippen LogP contribution in [0.1, 0.15) is 16.9 Å². The fourth-order valence-electron chi connectivity index (χ4n) is 2.03. The minimum absolute atomic E-state index is 0.00183. The molecule has 0 aliphatic rings. The summed E-state index contributed by atoms with van der Waals surface area (Å²) in [6.07, 6.45) is -2.94. The van der Waals surface area contributed by atoms with Gasteiger partial charge in [0, 0.05) is 5.69 Å². The fraction of sp³-hybridized carbons (Fsp3) is 0.312. The van der Waals surface area contributed by atoms with Crippen LogP contribution in [0.15, 0.2) is 41.0 Å². The van der Waals surface area contributed by atoms with Gasteiger partial charge in [0.25, 0.3) is 0 Å². The van der Waals surface area contributed by atoms with Crippen molar-refractivity contribution in [2.24, 2.45) is 0 Å². The number of hydrogen-bond donors (Lipinski definition) is 1. The Labute approximate surface area is 138 Å². The number of hydrogen-bond acceptors (Lipinski definition) is 2. The number of nitrogens with zero attached hydrogens (tertiary/aromatic N) is 1. The van der Waals surface area contributed by atoms with Gasteiger partial charge in [-0.15, -0.1) is 0 Å². The maximum atomic E-state index is 12.8. The van der Waals surface area contributed by atoms with E-state index < -0.39 is 12.7 Å². The third-order valence-corrected chi connectivity index (χ3v) is 3.70. The molecule has 0 radical (unpaired) electrons. The topological polar surface area (TPSA) is 28.4 Å². The lowest BCUT2D eigenvalue weighted by Gasteiger charge is -2.26. The van der Waals surface area contributed by atoms with E-state index in [0.717, 1.165) is 16.0 Å². The van der Waals surface area contributed by atoms with Crippen molar-refractivity contribution < 1.29 is 17.6 Å². The number of thiocarbonyl (C=S) groups is 1. The van der Waals surface area contributed by atoms with E-state index in [4.69, 9.17) is 16.6 Å². The van der Waals surface area contributed by atoms with E-state index >= 15 is 0 Å². The summed E-state index contributed by atoms with van der Waals surface area (Å²) in [6.45, 7) is 2.69. The number of benzene rings is 1. The first-order valence-electron chi connectivity index (χ1n) is 6.97. The van der Waals surface area contributed by atoms with Crippen molar-refractivity contribution in [3.8, 4) is 0 Å². The Hall–Kier alpha value is -2.02. The molecule has 1 aromatic heterocycles. The van der Waals surface area contributed by atoms with E-state index in [-0.39, 0.29) is 11.7 Å². The maximum absolute atomic E-state index is 12.8. The summed E-state index contributed by atoms with van der Waals surface area (Å²) in [4.78, 5) is 1.03. The van der Waals surface area contributed by atoms with Gasteiger partial charge >= 0.3 is 6.18 Å². The molecule has 1 N–H and O–H groups in total. The van der Waals surface area contributed by atoms with Crippen LogP contribution in [0, 0.1) is 13.8 Å². The number of aryl methyl sites for hydroxylation is 2. The van der Waals surface area contributed by atoms with Gasteiger partial charge in [-0.25, -0.2) is 0 Å². The molecule has 0 fully saturated rings. The van der Waals surface area contributed by atoms with Crippen molar-refractivity contribution in [2.75, 3.05) is 11.9 Å². The molecule has 7 heteroatoms. The highest BCUT2D eigenvalue weighted by Crippen LogP contribution is 2.20. The Morgan fingerprint density at radius 3 is 2.52 bits per heavy atom. The molecule has 0 bridgehead atoms. The molecule has 1 heterocycles. The normalized spacial score (nSPS) is 11.3. The van der Waals surface area contributed by atoms with Crippen molar-refractivity contribution in [1.82, 2.24) is 4.90 Å². The summed E-state index contributed by atoms with van der Waals surface area (Å²) in [6, 6.07) is 8.76. The van der Waals surface area contributed by atoms with Gasteiger partial charge in [-0.1, -0.05) is 6.07 Å². The van der Waals surface area contributed by atoms with E-state index in [1.54, 1.807) is 18.2 Å². The predicted molar refractivity (Wildman–Crippen MR) is 87.3 cm³/mol. The lowest BCUT2D eigenvalue weighted by molar-refractivity contribution is -0.138. The summed E-state index contributed by atoms with van der Waals surface area (Å²) < 4.78 is 43.5. The van der Waals surface area contributed by atoms with E-state index in [9.17, 15) is 13.2 Å². The average molecular weight is 342 g/mol. The Balaban J connectivity index is 2.13. The molecule has 1 aromatic carbocycles. The van der Waals surface area contributed by atoms with Crippen LogP contribution in [-0.4, -0.2) is 22.7 Å². The Morgan fingerprint density at radius 2 is 1.96 bits per heavy atom. The number of rotatable bonds is 4. The Bertz CT molecular complexity index is 668. The third-order valence-electron chi connectivity index (χ3n) is 3.34. The molecule has 0 amide bonds. The summed E-state index contributed by atoms with van der Waals surface area (Å²) in [5, 5.41) is 2.86. The highest BCUT2D eigenvalue weighted by atomic mass is 32.1. The van der Waals surface area contributed by atoms with Crippen molar-refractivity contribution in [3.05, 3.63) is 53.5 Å². The Morgan fingerprint density at radius 1 is 1.22 bits per heavy atom. The quantitative estimate of drug-likeness (QED) is 0.818. The molecule has 0 aliphatic carbocycles. The fourth-order valence-corrected chi connectivity index (χ4v) is 2.28. The smallest absolute Gasteiger partial charge is 0.406 e. The molecule has 0 saturated heterocycles. The summed E-state index contributed by atoms with van der Waals surface area (Å²) in [5.74, 6) is 0.415. The van der Waals surface area contributed by atoms with Crippen molar-refractivity contribution in [3.63, 3.8) is 0 Å². The second kappa shape index (κ2) is 7.04. The molecule has 0 spiro atoms. The molecule has 0 atom stereocenters. The van der Waals surface area contributed by atoms with Gasteiger partial charge in [0.2, 0.25) is 0 Å². The van der Waals surface area contributed by atoms with Gasteiger partial charge in [0.1, 0.15) is 12.3 Å². The molecule has 0 saturated carbocycles. The zero-order valence-electron chi connectivity index (χ0n) is 12.8. The van der Waals surface area contributed by atoms with Crippen LogP contribution < -0.4 is 5.32 Å².